The quantitative estimate of drug-likeness (QED) is 0.808. The van der Waals surface area contributed by atoms with E-state index in [4.69, 9.17) is 10.5 Å². The molecule has 0 unspecified atom stereocenters. The van der Waals surface area contributed by atoms with Gasteiger partial charge in [-0.3, -0.25) is 4.79 Å². The number of amides is 1. The number of anilines is 1. The Morgan fingerprint density at radius 1 is 1.42 bits per heavy atom. The third-order valence-corrected chi connectivity index (χ3v) is 3.88. The summed E-state index contributed by atoms with van der Waals surface area (Å²) in [5, 5.41) is 4.71. The molecular weight excluding hydrogens is 328 g/mol. The van der Waals surface area contributed by atoms with Crippen LogP contribution in [0.5, 0.6) is 0 Å². The molecule has 0 aliphatic heterocycles. The van der Waals surface area contributed by atoms with Gasteiger partial charge in [-0.2, -0.15) is 0 Å². The molecule has 2 aromatic rings. The van der Waals surface area contributed by atoms with Crippen LogP contribution >= 0.6 is 11.3 Å². The number of nitrogens with two attached hydrogens (primary N) is 1. The van der Waals surface area contributed by atoms with E-state index in [1.165, 1.54) is 15.9 Å². The number of aromatic nitrogens is 2. The van der Waals surface area contributed by atoms with Crippen LogP contribution in [0.15, 0.2) is 23.7 Å². The van der Waals surface area contributed by atoms with E-state index in [-0.39, 0.29) is 11.9 Å². The Morgan fingerprint density at radius 2 is 2.17 bits per heavy atom. The number of ether oxygens (including phenoxy) is 1. The highest BCUT2D eigenvalue weighted by atomic mass is 32.1. The summed E-state index contributed by atoms with van der Waals surface area (Å²) in [5.41, 5.74) is 5.85. The highest BCUT2D eigenvalue weighted by molar-refractivity contribution is 7.12. The van der Waals surface area contributed by atoms with E-state index in [2.05, 4.69) is 10.3 Å². The van der Waals surface area contributed by atoms with Crippen molar-refractivity contribution < 1.29 is 14.3 Å². The van der Waals surface area contributed by atoms with Crippen LogP contribution in [0.25, 0.3) is 0 Å². The highest BCUT2D eigenvalue weighted by Gasteiger charge is 2.20. The molecule has 130 valence electrons. The van der Waals surface area contributed by atoms with E-state index in [0.717, 1.165) is 0 Å². The topological polar surface area (TPSA) is 99.2 Å². The van der Waals surface area contributed by atoms with E-state index in [1.54, 1.807) is 33.0 Å². The molecule has 0 atom stereocenters. The number of nitrogens with one attached hydrogen (secondary N) is 1. The van der Waals surface area contributed by atoms with E-state index in [9.17, 15) is 9.59 Å². The van der Waals surface area contributed by atoms with Gasteiger partial charge in [-0.15, -0.1) is 11.3 Å². The zero-order chi connectivity index (χ0) is 17.7. The minimum absolute atomic E-state index is 0.0798. The number of aryl methyl sites for hydroxylation is 1. The molecule has 1 amide bonds. The normalized spacial score (nSPS) is 11.3. The fourth-order valence-electron chi connectivity index (χ4n) is 1.99. The zero-order valence-electron chi connectivity index (χ0n) is 14.0. The molecule has 2 rings (SSSR count). The number of nitrogen functional groups attached to an aromatic ring is 1. The number of thiophene rings is 1. The van der Waals surface area contributed by atoms with Crippen molar-refractivity contribution in [2.45, 2.75) is 39.2 Å². The number of imidazole rings is 1. The molecule has 8 heteroatoms. The second kappa shape index (κ2) is 7.48. The molecule has 0 radical (unpaired) electrons. The van der Waals surface area contributed by atoms with Gasteiger partial charge in [-0.1, -0.05) is 6.07 Å². The molecule has 0 spiro atoms. The Labute approximate surface area is 144 Å². The van der Waals surface area contributed by atoms with Crippen LogP contribution < -0.4 is 11.1 Å². The molecule has 0 aliphatic rings. The first-order chi connectivity index (χ1) is 11.3. The standard InChI is InChI=1S/C16H22N4O3S/c1-16(2,3)23-15(22)20-10-11(19-14(20)17)6-4-8-18-13(21)12-7-5-9-24-12/h5,7,9-10H,4,6,8H2,1-3H3,(H2,17,19)(H,18,21). The SMILES string of the molecule is CC(C)(C)OC(=O)n1cc(CCCNC(=O)c2cccs2)nc1N. The maximum atomic E-state index is 12.0. The van der Waals surface area contributed by atoms with Gasteiger partial charge in [0.25, 0.3) is 5.91 Å². The number of hydrogen-bond acceptors (Lipinski definition) is 6. The predicted octanol–water partition coefficient (Wildman–Crippen LogP) is 2.67. The van der Waals surface area contributed by atoms with Gasteiger partial charge < -0.3 is 15.8 Å². The molecule has 2 aromatic heterocycles. The van der Waals surface area contributed by atoms with Gasteiger partial charge in [0.1, 0.15) is 5.60 Å². The monoisotopic (exact) mass is 350 g/mol. The second-order valence-electron chi connectivity index (χ2n) is 6.28. The van der Waals surface area contributed by atoms with Gasteiger partial charge in [0.2, 0.25) is 5.95 Å². The summed E-state index contributed by atoms with van der Waals surface area (Å²) < 4.78 is 6.46. The summed E-state index contributed by atoms with van der Waals surface area (Å²) in [4.78, 5) is 28.7. The first-order valence-corrected chi connectivity index (χ1v) is 8.53. The lowest BCUT2D eigenvalue weighted by Gasteiger charge is -2.19. The van der Waals surface area contributed by atoms with Crippen molar-refractivity contribution in [2.24, 2.45) is 0 Å². The van der Waals surface area contributed by atoms with Gasteiger partial charge in [0.15, 0.2) is 0 Å². The minimum atomic E-state index is -0.597. The van der Waals surface area contributed by atoms with Crippen molar-refractivity contribution in [1.29, 1.82) is 0 Å². The zero-order valence-corrected chi connectivity index (χ0v) is 14.9. The van der Waals surface area contributed by atoms with Gasteiger partial charge in [0.05, 0.1) is 10.6 Å². The lowest BCUT2D eigenvalue weighted by molar-refractivity contribution is 0.0540. The highest BCUT2D eigenvalue weighted by Crippen LogP contribution is 2.13. The smallest absolute Gasteiger partial charge is 0.421 e. The Hall–Kier alpha value is -2.35. The Morgan fingerprint density at radius 3 is 2.79 bits per heavy atom. The summed E-state index contributed by atoms with van der Waals surface area (Å²) in [6, 6.07) is 3.62. The van der Waals surface area contributed by atoms with Crippen molar-refractivity contribution in [1.82, 2.24) is 14.9 Å². The molecule has 0 saturated carbocycles. The number of carbonyl (C=O) groups excluding carboxylic acids is 2. The lowest BCUT2D eigenvalue weighted by Crippen LogP contribution is -2.27. The summed E-state index contributed by atoms with van der Waals surface area (Å²) in [6.45, 7) is 5.88. The Bertz CT molecular complexity index is 701. The maximum Gasteiger partial charge on any atom is 0.421 e. The van der Waals surface area contributed by atoms with Gasteiger partial charge >= 0.3 is 6.09 Å². The fourth-order valence-corrected chi connectivity index (χ4v) is 2.63. The van der Waals surface area contributed by atoms with Crippen LogP contribution in [-0.2, 0) is 11.2 Å². The van der Waals surface area contributed by atoms with Crippen molar-refractivity contribution >= 4 is 29.3 Å². The summed E-state index contributed by atoms with van der Waals surface area (Å²) >= 11 is 1.40. The third-order valence-electron chi connectivity index (χ3n) is 3.01. The van der Waals surface area contributed by atoms with Crippen molar-refractivity contribution in [3.8, 4) is 0 Å². The van der Waals surface area contributed by atoms with Crippen LogP contribution in [-0.4, -0.2) is 33.7 Å². The van der Waals surface area contributed by atoms with Crippen molar-refractivity contribution in [2.75, 3.05) is 12.3 Å². The minimum Gasteiger partial charge on any atom is -0.443 e. The third kappa shape index (κ3) is 5.09. The first kappa shape index (κ1) is 18.0. The Balaban J connectivity index is 1.82. The Kier molecular flexibility index (Phi) is 5.61. The molecule has 0 aromatic carbocycles. The maximum absolute atomic E-state index is 12.0. The largest absolute Gasteiger partial charge is 0.443 e. The van der Waals surface area contributed by atoms with E-state index in [1.807, 2.05) is 11.4 Å². The average Bonchev–Trinajstić information content (AvgIpc) is 3.11. The van der Waals surface area contributed by atoms with Gasteiger partial charge in [-0.25, -0.2) is 14.3 Å². The summed E-state index contributed by atoms with van der Waals surface area (Å²) in [6.07, 6.45) is 2.32. The van der Waals surface area contributed by atoms with Crippen LogP contribution in [0, 0.1) is 0 Å². The molecule has 2 heterocycles. The van der Waals surface area contributed by atoms with Crippen molar-refractivity contribution in [3.05, 3.63) is 34.3 Å². The number of rotatable bonds is 5. The van der Waals surface area contributed by atoms with E-state index < -0.39 is 11.7 Å². The fraction of sp³-hybridized carbons (Fsp3) is 0.438. The van der Waals surface area contributed by atoms with E-state index in [0.29, 0.717) is 30.0 Å². The van der Waals surface area contributed by atoms with Gasteiger partial charge in [-0.05, 0) is 45.1 Å². The number of nitrogens with zero attached hydrogens (tertiary/aromatic N) is 2. The molecule has 0 aliphatic carbocycles. The van der Waals surface area contributed by atoms with Crippen LogP contribution in [0.4, 0.5) is 10.7 Å². The number of hydrogen-bond donors (Lipinski definition) is 2. The predicted molar refractivity (Wildman–Crippen MR) is 93.2 cm³/mol. The van der Waals surface area contributed by atoms with Crippen LogP contribution in [0.1, 0.15) is 42.6 Å². The van der Waals surface area contributed by atoms with Gasteiger partial charge in [0, 0.05) is 12.7 Å². The molecule has 3 N–H and O–H groups in total. The molecule has 0 fully saturated rings. The molecular formula is C16H22N4O3S. The first-order valence-electron chi connectivity index (χ1n) is 7.65. The van der Waals surface area contributed by atoms with E-state index >= 15 is 0 Å². The molecule has 0 saturated heterocycles. The summed E-state index contributed by atoms with van der Waals surface area (Å²) in [5.74, 6) is 0.0191. The van der Waals surface area contributed by atoms with Crippen LogP contribution in [0.2, 0.25) is 0 Å². The number of carbonyl (C=O) groups is 2. The molecule has 7 nitrogen and oxygen atoms in total. The molecule has 24 heavy (non-hydrogen) atoms. The van der Waals surface area contributed by atoms with Crippen LogP contribution in [0.3, 0.4) is 0 Å². The lowest BCUT2D eigenvalue weighted by atomic mass is 10.2. The van der Waals surface area contributed by atoms with Crippen molar-refractivity contribution in [3.63, 3.8) is 0 Å². The summed E-state index contributed by atoms with van der Waals surface area (Å²) in [7, 11) is 0. The average molecular weight is 350 g/mol. The molecule has 0 bridgehead atoms. The second-order valence-corrected chi connectivity index (χ2v) is 7.23.